The van der Waals surface area contributed by atoms with E-state index in [4.69, 9.17) is 18.9 Å². The van der Waals surface area contributed by atoms with Crippen molar-refractivity contribution in [3.8, 4) is 17.2 Å². The Morgan fingerprint density at radius 1 is 0.718 bits per heavy atom. The van der Waals surface area contributed by atoms with Crippen LogP contribution in [-0.2, 0) is 23.9 Å². The first-order valence-electron chi connectivity index (χ1n) is 12.0. The number of rotatable bonds is 10. The van der Waals surface area contributed by atoms with E-state index in [1.54, 1.807) is 13.8 Å². The zero-order valence-corrected chi connectivity index (χ0v) is 23.3. The highest BCUT2D eigenvalue weighted by molar-refractivity contribution is 5.94. The average molecular weight is 553 g/mol. The lowest BCUT2D eigenvalue weighted by atomic mass is 10.1. The molecule has 11 heteroatoms. The Morgan fingerprint density at radius 3 is 1.51 bits per heavy atom. The van der Waals surface area contributed by atoms with E-state index in [1.165, 1.54) is 65.8 Å². The van der Waals surface area contributed by atoms with Crippen molar-refractivity contribution in [2.75, 3.05) is 13.2 Å². The summed E-state index contributed by atoms with van der Waals surface area (Å²) in [4.78, 5) is 45.2. The smallest absolute Gasteiger partial charge is 0.349 e. The highest BCUT2D eigenvalue weighted by Crippen LogP contribution is 2.26. The predicted molar refractivity (Wildman–Crippen MR) is 137 cm³/mol. The van der Waals surface area contributed by atoms with Gasteiger partial charge in [-0.15, -0.1) is 0 Å². The van der Waals surface area contributed by atoms with Gasteiger partial charge in [-0.1, -0.05) is 0 Å². The van der Waals surface area contributed by atoms with E-state index < -0.39 is 40.7 Å². The molecule has 2 aromatic rings. The first kappa shape index (κ1) is 33.0. The van der Waals surface area contributed by atoms with Gasteiger partial charge in [0, 0.05) is 19.1 Å². The van der Waals surface area contributed by atoms with Crippen LogP contribution in [0.2, 0.25) is 0 Å². The van der Waals surface area contributed by atoms with Gasteiger partial charge in [0.1, 0.15) is 17.3 Å². The summed E-state index contributed by atoms with van der Waals surface area (Å²) in [6.07, 6.45) is 0. The van der Waals surface area contributed by atoms with Gasteiger partial charge in [-0.05, 0) is 72.7 Å². The minimum atomic E-state index is -1.24. The number of hydrogen-bond acceptors (Lipinski definition) is 9. The van der Waals surface area contributed by atoms with Crippen LogP contribution in [0.1, 0.15) is 65.7 Å². The van der Waals surface area contributed by atoms with Crippen molar-refractivity contribution in [1.29, 1.82) is 0 Å². The van der Waals surface area contributed by atoms with Gasteiger partial charge in [0.15, 0.2) is 28.6 Å². The molecule has 0 spiro atoms. The fourth-order valence-corrected chi connectivity index (χ4v) is 2.91. The van der Waals surface area contributed by atoms with Crippen LogP contribution in [0.15, 0.2) is 36.4 Å². The number of carbonyl (C=O) groups is 4. The zero-order chi connectivity index (χ0) is 30.0. The van der Waals surface area contributed by atoms with Crippen molar-refractivity contribution in [3.05, 3.63) is 53.6 Å². The van der Waals surface area contributed by atoms with E-state index in [-0.39, 0.29) is 41.8 Å². The van der Waals surface area contributed by atoms with Crippen molar-refractivity contribution in [2.45, 2.75) is 66.6 Å². The zero-order valence-electron chi connectivity index (χ0n) is 23.3. The molecule has 0 aliphatic heterocycles. The second-order valence-electron chi connectivity index (χ2n) is 9.05. The van der Waals surface area contributed by atoms with Crippen LogP contribution >= 0.6 is 0 Å². The fraction of sp³-hybridized carbons (Fsp3) is 0.429. The van der Waals surface area contributed by atoms with Gasteiger partial charge in [-0.3, -0.25) is 9.59 Å². The molecule has 214 valence electrons. The molecule has 0 bridgehead atoms. The van der Waals surface area contributed by atoms with Crippen LogP contribution in [0.5, 0.6) is 17.2 Å². The molecule has 9 nitrogen and oxygen atoms in total. The van der Waals surface area contributed by atoms with Gasteiger partial charge in [0.25, 0.3) is 0 Å². The standard InChI is InChI=1S/C14H17FO5.C14H17FO4/c1-5-18-13(17)14(3,4)20-10-6-7-12(11(15)8-10)19-9(2)16;1-5-18-13(17)14(3,4)19-10-6-7-11(9(2)16)12(15)8-10/h6-8H,5H2,1-4H3;6-8H,5H2,1-4H3. The van der Waals surface area contributed by atoms with E-state index in [2.05, 4.69) is 4.74 Å². The first-order chi connectivity index (χ1) is 18.0. The van der Waals surface area contributed by atoms with E-state index in [0.29, 0.717) is 0 Å². The minimum Gasteiger partial charge on any atom is -0.476 e. The largest absolute Gasteiger partial charge is 0.476 e. The maximum Gasteiger partial charge on any atom is 0.349 e. The maximum absolute atomic E-state index is 13.7. The summed E-state index contributed by atoms with van der Waals surface area (Å²) in [6, 6.07) is 7.56. The van der Waals surface area contributed by atoms with Gasteiger partial charge < -0.3 is 23.7 Å². The van der Waals surface area contributed by atoms with Gasteiger partial charge in [0.05, 0.1) is 18.8 Å². The topological polar surface area (TPSA) is 114 Å². The molecule has 0 N–H and O–H groups in total. The first-order valence-corrected chi connectivity index (χ1v) is 12.0. The lowest BCUT2D eigenvalue weighted by Gasteiger charge is -2.24. The molecule has 39 heavy (non-hydrogen) atoms. The molecule has 0 atom stereocenters. The maximum atomic E-state index is 13.7. The van der Waals surface area contributed by atoms with Crippen LogP contribution in [0.4, 0.5) is 8.78 Å². The minimum absolute atomic E-state index is 0.0127. The molecule has 0 aliphatic carbocycles. The predicted octanol–water partition coefficient (Wildman–Crippen LogP) is 5.22. The van der Waals surface area contributed by atoms with Crippen molar-refractivity contribution >= 4 is 23.7 Å². The molecule has 0 fully saturated rings. The summed E-state index contributed by atoms with van der Waals surface area (Å²) >= 11 is 0. The molecule has 0 saturated heterocycles. The van der Waals surface area contributed by atoms with Gasteiger partial charge >= 0.3 is 17.9 Å². The van der Waals surface area contributed by atoms with Crippen LogP contribution in [0.3, 0.4) is 0 Å². The summed E-state index contributed by atoms with van der Waals surface area (Å²) in [5, 5.41) is 0. The summed E-state index contributed by atoms with van der Waals surface area (Å²) in [5.74, 6) is -3.40. The van der Waals surface area contributed by atoms with Crippen molar-refractivity contribution in [1.82, 2.24) is 0 Å². The molecule has 0 amide bonds. The highest BCUT2D eigenvalue weighted by atomic mass is 19.1. The Labute approximate surface area is 226 Å². The van der Waals surface area contributed by atoms with E-state index >= 15 is 0 Å². The van der Waals surface area contributed by atoms with Crippen LogP contribution in [0, 0.1) is 11.6 Å². The highest BCUT2D eigenvalue weighted by Gasteiger charge is 2.32. The number of halogens is 2. The third-order valence-corrected chi connectivity index (χ3v) is 4.76. The summed E-state index contributed by atoms with van der Waals surface area (Å²) < 4.78 is 52.5. The van der Waals surface area contributed by atoms with E-state index in [0.717, 1.165) is 12.1 Å². The summed E-state index contributed by atoms with van der Waals surface area (Å²) in [6.45, 7) is 12.4. The van der Waals surface area contributed by atoms with Crippen LogP contribution in [-0.4, -0.2) is 48.1 Å². The Balaban J connectivity index is 0.000000391. The van der Waals surface area contributed by atoms with Crippen molar-refractivity contribution in [3.63, 3.8) is 0 Å². The molecule has 0 saturated carbocycles. The lowest BCUT2D eigenvalue weighted by Crippen LogP contribution is -2.39. The molecule has 0 aromatic heterocycles. The third kappa shape index (κ3) is 10.3. The lowest BCUT2D eigenvalue weighted by molar-refractivity contribution is -0.159. The van der Waals surface area contributed by atoms with Gasteiger partial charge in [0.2, 0.25) is 0 Å². The molecule has 0 unspecified atom stereocenters. The fourth-order valence-electron chi connectivity index (χ4n) is 2.91. The van der Waals surface area contributed by atoms with E-state index in [1.807, 2.05) is 0 Å². The second-order valence-corrected chi connectivity index (χ2v) is 9.05. The van der Waals surface area contributed by atoms with Crippen LogP contribution in [0.25, 0.3) is 0 Å². The number of hydrogen-bond donors (Lipinski definition) is 0. The molecule has 2 rings (SSSR count). The monoisotopic (exact) mass is 552 g/mol. The number of esters is 3. The Bertz CT molecular complexity index is 1190. The number of ketones is 1. The molecular formula is C28H34F2O9. The summed E-state index contributed by atoms with van der Waals surface area (Å²) in [7, 11) is 0. The van der Waals surface area contributed by atoms with E-state index in [9.17, 15) is 28.0 Å². The Kier molecular flexibility index (Phi) is 12.0. The van der Waals surface area contributed by atoms with Crippen LogP contribution < -0.4 is 14.2 Å². The average Bonchev–Trinajstić information content (AvgIpc) is 2.80. The molecule has 2 aromatic carbocycles. The summed E-state index contributed by atoms with van der Waals surface area (Å²) in [5.41, 5.74) is -2.48. The number of carbonyl (C=O) groups excluding carboxylic acids is 4. The number of ether oxygens (including phenoxy) is 5. The number of benzene rings is 2. The van der Waals surface area contributed by atoms with Gasteiger partial charge in [-0.25, -0.2) is 18.4 Å². The van der Waals surface area contributed by atoms with Crippen molar-refractivity contribution < 1.29 is 51.6 Å². The van der Waals surface area contributed by atoms with Gasteiger partial charge in [-0.2, -0.15) is 0 Å². The molecule has 0 heterocycles. The normalized spacial score (nSPS) is 10.9. The molecule has 0 radical (unpaired) electrons. The molecular weight excluding hydrogens is 518 g/mol. The van der Waals surface area contributed by atoms with Crippen molar-refractivity contribution in [2.24, 2.45) is 0 Å². The molecule has 0 aliphatic rings. The number of Topliss-reactive ketones (excluding diaryl/α,β-unsaturated/α-hetero) is 1. The Hall–Kier alpha value is -4.02. The third-order valence-electron chi connectivity index (χ3n) is 4.76. The Morgan fingerprint density at radius 2 is 1.15 bits per heavy atom. The second kappa shape index (κ2) is 14.2. The quantitative estimate of drug-likeness (QED) is 0.222. The SMILES string of the molecule is CCOC(=O)C(C)(C)Oc1ccc(C(C)=O)c(F)c1.CCOC(=O)C(C)(C)Oc1ccc(OC(C)=O)c(F)c1.